The van der Waals surface area contributed by atoms with Crippen molar-refractivity contribution >= 4 is 34.9 Å². The van der Waals surface area contributed by atoms with E-state index in [1.807, 2.05) is 38.1 Å². The number of fused-ring (bicyclic) bond motifs is 1. The van der Waals surface area contributed by atoms with Crippen molar-refractivity contribution in [1.82, 2.24) is 14.4 Å². The molecule has 3 amide bonds. The number of hydrogen-bond donors (Lipinski definition) is 0. The quantitative estimate of drug-likeness (QED) is 0.607. The molecule has 5 rings (SSSR count). The summed E-state index contributed by atoms with van der Waals surface area (Å²) in [5, 5.41) is -0.399. The second-order valence-electron chi connectivity index (χ2n) is 8.76. The zero-order valence-electron chi connectivity index (χ0n) is 19.3. The number of carbonyl (C=O) groups excluding carboxylic acids is 3. The van der Waals surface area contributed by atoms with Crippen LogP contribution in [0.25, 0.3) is 11.8 Å². The van der Waals surface area contributed by atoms with E-state index < -0.39 is 11.1 Å². The summed E-state index contributed by atoms with van der Waals surface area (Å²) in [7, 11) is 0. The molecule has 2 saturated heterocycles. The number of nitrogens with zero attached hydrogens (tertiary/aromatic N) is 3. The molecule has 0 radical (unpaired) electrons. The van der Waals surface area contributed by atoms with Crippen molar-refractivity contribution in [1.29, 1.82) is 0 Å². The molecule has 2 fully saturated rings. The Morgan fingerprint density at radius 3 is 2.53 bits per heavy atom. The van der Waals surface area contributed by atoms with E-state index in [4.69, 9.17) is 9.47 Å². The molecule has 0 saturated carbocycles. The van der Waals surface area contributed by atoms with Gasteiger partial charge in [0.15, 0.2) is 11.5 Å². The van der Waals surface area contributed by atoms with Crippen molar-refractivity contribution in [2.45, 2.75) is 39.5 Å². The molecule has 0 bridgehead atoms. The van der Waals surface area contributed by atoms with Crippen LogP contribution in [0.2, 0.25) is 0 Å². The topological polar surface area (TPSA) is 81.1 Å². The van der Waals surface area contributed by atoms with Gasteiger partial charge in [0, 0.05) is 36.2 Å². The molecular weight excluding hydrogens is 454 g/mol. The van der Waals surface area contributed by atoms with Crippen LogP contribution < -0.4 is 9.47 Å². The Hall–Kier alpha value is -3.20. The van der Waals surface area contributed by atoms with Gasteiger partial charge in [-0.15, -0.1) is 0 Å². The Morgan fingerprint density at radius 2 is 1.76 bits per heavy atom. The van der Waals surface area contributed by atoms with Crippen LogP contribution in [0.1, 0.15) is 42.6 Å². The summed E-state index contributed by atoms with van der Waals surface area (Å²) in [6, 6.07) is 7.74. The van der Waals surface area contributed by atoms with Gasteiger partial charge in [-0.1, -0.05) is 12.8 Å². The maximum Gasteiger partial charge on any atom is 0.294 e. The number of rotatable bonds is 4. The average Bonchev–Trinajstić information content (AvgIpc) is 3.36. The molecule has 178 valence electrons. The van der Waals surface area contributed by atoms with Crippen LogP contribution in [0.5, 0.6) is 11.5 Å². The molecule has 4 heterocycles. The highest BCUT2D eigenvalue weighted by atomic mass is 32.2. The molecular formula is C25H27N3O5S. The maximum atomic E-state index is 13.0. The van der Waals surface area contributed by atoms with Crippen LogP contribution in [0.15, 0.2) is 29.2 Å². The summed E-state index contributed by atoms with van der Waals surface area (Å²) in [6.45, 7) is 5.35. The number of carbonyl (C=O) groups is 3. The van der Waals surface area contributed by atoms with Gasteiger partial charge in [0.05, 0.1) is 4.91 Å². The lowest BCUT2D eigenvalue weighted by molar-refractivity contribution is -0.135. The molecule has 1 aromatic carbocycles. The summed E-state index contributed by atoms with van der Waals surface area (Å²) >= 11 is 0.887. The van der Waals surface area contributed by atoms with Gasteiger partial charge in [0.1, 0.15) is 6.54 Å². The standard InChI is InChI=1S/C25H27N3O5S/c1-16-11-18(17(2)28(16)19-7-8-20-21(13-19)33-15-32-20)12-22-24(30)27(25(31)34-22)14-23(29)26-9-5-3-4-6-10-26/h7-8,11-13H,3-6,9-10,14-15H2,1-2H3. The molecule has 9 heteroatoms. The third-order valence-corrected chi connectivity index (χ3v) is 7.40. The number of imide groups is 1. The second-order valence-corrected chi connectivity index (χ2v) is 9.76. The second kappa shape index (κ2) is 9.21. The molecule has 1 aromatic heterocycles. The van der Waals surface area contributed by atoms with E-state index in [9.17, 15) is 14.4 Å². The summed E-state index contributed by atoms with van der Waals surface area (Å²) < 4.78 is 13.0. The SMILES string of the molecule is Cc1cc(C=C2SC(=O)N(CC(=O)N3CCCCCC3)C2=O)c(C)n1-c1ccc2c(c1)OCO2. The maximum absolute atomic E-state index is 13.0. The Morgan fingerprint density at radius 1 is 1.03 bits per heavy atom. The van der Waals surface area contributed by atoms with Gasteiger partial charge in [0.2, 0.25) is 12.7 Å². The van der Waals surface area contributed by atoms with E-state index in [0.717, 1.165) is 70.7 Å². The van der Waals surface area contributed by atoms with Crippen LogP contribution in [-0.4, -0.2) is 57.8 Å². The fraction of sp³-hybridized carbons (Fsp3) is 0.400. The Kier molecular flexibility index (Phi) is 6.12. The van der Waals surface area contributed by atoms with E-state index in [-0.39, 0.29) is 19.2 Å². The number of hydrogen-bond acceptors (Lipinski definition) is 6. The minimum Gasteiger partial charge on any atom is -0.454 e. The van der Waals surface area contributed by atoms with E-state index in [0.29, 0.717) is 23.7 Å². The summed E-state index contributed by atoms with van der Waals surface area (Å²) in [5.74, 6) is 0.842. The van der Waals surface area contributed by atoms with Gasteiger partial charge in [0.25, 0.3) is 11.1 Å². The minimum absolute atomic E-state index is 0.161. The highest BCUT2D eigenvalue weighted by molar-refractivity contribution is 8.18. The van der Waals surface area contributed by atoms with Gasteiger partial charge in [-0.25, -0.2) is 0 Å². The van der Waals surface area contributed by atoms with Crippen molar-refractivity contribution < 1.29 is 23.9 Å². The van der Waals surface area contributed by atoms with Crippen LogP contribution >= 0.6 is 11.8 Å². The first-order valence-corrected chi connectivity index (χ1v) is 12.4. The van der Waals surface area contributed by atoms with Crippen molar-refractivity contribution in [3.05, 3.63) is 46.1 Å². The number of ether oxygens (including phenoxy) is 2. The van der Waals surface area contributed by atoms with Crippen molar-refractivity contribution in [2.75, 3.05) is 26.4 Å². The molecule has 0 N–H and O–H groups in total. The Balaban J connectivity index is 1.36. The largest absolute Gasteiger partial charge is 0.454 e. The Bertz CT molecular complexity index is 1190. The van der Waals surface area contributed by atoms with Crippen LogP contribution in [0, 0.1) is 13.8 Å². The molecule has 0 atom stereocenters. The summed E-state index contributed by atoms with van der Waals surface area (Å²) in [6.07, 6.45) is 5.89. The first kappa shape index (κ1) is 22.6. The zero-order chi connectivity index (χ0) is 23.8. The average molecular weight is 482 g/mol. The van der Waals surface area contributed by atoms with Crippen molar-refractivity contribution in [3.8, 4) is 17.2 Å². The number of likely N-dealkylation sites (tertiary alicyclic amines) is 1. The number of thioether (sulfide) groups is 1. The van der Waals surface area contributed by atoms with Crippen molar-refractivity contribution in [2.24, 2.45) is 0 Å². The van der Waals surface area contributed by atoms with Gasteiger partial charge in [-0.2, -0.15) is 0 Å². The minimum atomic E-state index is -0.411. The smallest absolute Gasteiger partial charge is 0.294 e. The fourth-order valence-electron chi connectivity index (χ4n) is 4.69. The summed E-state index contributed by atoms with van der Waals surface area (Å²) in [4.78, 5) is 41.5. The van der Waals surface area contributed by atoms with E-state index >= 15 is 0 Å². The third kappa shape index (κ3) is 4.20. The first-order chi connectivity index (χ1) is 16.4. The lowest BCUT2D eigenvalue weighted by atomic mass is 10.2. The highest BCUT2D eigenvalue weighted by Gasteiger charge is 2.37. The molecule has 8 nitrogen and oxygen atoms in total. The number of amides is 3. The van der Waals surface area contributed by atoms with E-state index in [1.54, 1.807) is 11.0 Å². The van der Waals surface area contributed by atoms with Crippen LogP contribution in [-0.2, 0) is 9.59 Å². The first-order valence-electron chi connectivity index (χ1n) is 11.5. The molecule has 0 spiro atoms. The molecule has 0 unspecified atom stereocenters. The lowest BCUT2D eigenvalue weighted by Crippen LogP contribution is -2.42. The van der Waals surface area contributed by atoms with Crippen LogP contribution in [0.3, 0.4) is 0 Å². The van der Waals surface area contributed by atoms with E-state index in [2.05, 4.69) is 4.57 Å². The van der Waals surface area contributed by atoms with Crippen LogP contribution in [0.4, 0.5) is 4.79 Å². The monoisotopic (exact) mass is 481 g/mol. The lowest BCUT2D eigenvalue weighted by Gasteiger charge is -2.22. The molecule has 2 aromatic rings. The predicted octanol–water partition coefficient (Wildman–Crippen LogP) is 4.26. The normalized spacial score (nSPS) is 19.3. The molecule has 0 aliphatic carbocycles. The van der Waals surface area contributed by atoms with Gasteiger partial charge < -0.3 is 18.9 Å². The van der Waals surface area contributed by atoms with E-state index in [1.165, 1.54) is 0 Å². The molecule has 34 heavy (non-hydrogen) atoms. The predicted molar refractivity (Wildman–Crippen MR) is 129 cm³/mol. The van der Waals surface area contributed by atoms with Gasteiger partial charge >= 0.3 is 0 Å². The molecule has 3 aliphatic heterocycles. The highest BCUT2D eigenvalue weighted by Crippen LogP contribution is 2.36. The third-order valence-electron chi connectivity index (χ3n) is 6.50. The number of aromatic nitrogens is 1. The van der Waals surface area contributed by atoms with Crippen molar-refractivity contribution in [3.63, 3.8) is 0 Å². The fourth-order valence-corrected chi connectivity index (χ4v) is 5.52. The summed E-state index contributed by atoms with van der Waals surface area (Å²) in [5.41, 5.74) is 3.69. The number of benzene rings is 1. The Labute approximate surface area is 202 Å². The molecule has 3 aliphatic rings. The zero-order valence-corrected chi connectivity index (χ0v) is 20.2. The van der Waals surface area contributed by atoms with Gasteiger partial charge in [-0.3, -0.25) is 19.3 Å². The number of aryl methyl sites for hydroxylation is 1. The van der Waals surface area contributed by atoms with Gasteiger partial charge in [-0.05, 0) is 68.3 Å².